The number of para-hydroxylation sites is 1. The van der Waals surface area contributed by atoms with Gasteiger partial charge in [-0.05, 0) is 24.3 Å². The largest absolute Gasteiger partial charge is 0.545 e. The summed E-state index contributed by atoms with van der Waals surface area (Å²) in [6.07, 6.45) is 0. The number of nitrogens with zero attached hydrogens (tertiary/aromatic N) is 1. The fourth-order valence-corrected chi connectivity index (χ4v) is 2.27. The van der Waals surface area contributed by atoms with Crippen molar-refractivity contribution in [2.45, 2.75) is 0 Å². The highest BCUT2D eigenvalue weighted by Gasteiger charge is 2.08. The van der Waals surface area contributed by atoms with Gasteiger partial charge in [0.05, 0.1) is 24.3 Å². The highest BCUT2D eigenvalue weighted by Crippen LogP contribution is 2.26. The van der Waals surface area contributed by atoms with Crippen LogP contribution in [0.5, 0.6) is 5.75 Å². The van der Waals surface area contributed by atoms with Gasteiger partial charge in [0.1, 0.15) is 5.75 Å². The molecule has 0 aliphatic rings. The average molecular weight is 278 g/mol. The second-order valence-electron chi connectivity index (χ2n) is 4.59. The third-order valence-corrected chi connectivity index (χ3v) is 3.30. The van der Waals surface area contributed by atoms with E-state index in [1.807, 2.05) is 30.3 Å². The number of hydrogen-bond donors (Lipinski definition) is 0. The van der Waals surface area contributed by atoms with Crippen LogP contribution in [0, 0.1) is 0 Å². The lowest BCUT2D eigenvalue weighted by Gasteiger charge is -2.11. The summed E-state index contributed by atoms with van der Waals surface area (Å²) >= 11 is 0. The molecule has 0 N–H and O–H groups in total. The Morgan fingerprint density at radius 3 is 2.67 bits per heavy atom. The molecule has 0 spiro atoms. The number of ether oxygens (including phenoxy) is 1. The molecule has 0 bridgehead atoms. The number of carboxylic acid groups (broad SMARTS) is 1. The third-order valence-electron chi connectivity index (χ3n) is 3.30. The van der Waals surface area contributed by atoms with E-state index in [1.54, 1.807) is 25.3 Å². The highest BCUT2D eigenvalue weighted by atomic mass is 16.5. The number of rotatable bonds is 3. The molecular formula is C17H12NO3-. The fraction of sp³-hybridized carbons (Fsp3) is 0.0588. The van der Waals surface area contributed by atoms with Gasteiger partial charge >= 0.3 is 0 Å². The number of hydrogen-bond acceptors (Lipinski definition) is 4. The van der Waals surface area contributed by atoms with Crippen molar-refractivity contribution in [1.82, 2.24) is 4.98 Å². The number of benzene rings is 2. The molecule has 0 aliphatic heterocycles. The van der Waals surface area contributed by atoms with Crippen LogP contribution in [0.3, 0.4) is 0 Å². The summed E-state index contributed by atoms with van der Waals surface area (Å²) in [4.78, 5) is 15.9. The summed E-state index contributed by atoms with van der Waals surface area (Å²) in [5.41, 5.74) is 2.13. The Morgan fingerprint density at radius 2 is 1.90 bits per heavy atom. The standard InChI is InChI=1S/C17H13NO3/c1-21-12-6-4-5-11(9-12)16-10-14(17(19)20)13-7-2-3-8-15(13)18-16/h2-10H,1H3,(H,19,20)/p-1. The van der Waals surface area contributed by atoms with Crippen molar-refractivity contribution in [2.75, 3.05) is 7.11 Å². The number of fused-ring (bicyclic) bond motifs is 1. The van der Waals surface area contributed by atoms with Crippen LogP contribution in [0.2, 0.25) is 0 Å². The Labute approximate surface area is 121 Å². The lowest BCUT2D eigenvalue weighted by atomic mass is 10.0. The summed E-state index contributed by atoms with van der Waals surface area (Å²) in [5, 5.41) is 11.9. The minimum Gasteiger partial charge on any atom is -0.545 e. The van der Waals surface area contributed by atoms with E-state index in [9.17, 15) is 9.90 Å². The maximum Gasteiger partial charge on any atom is 0.119 e. The lowest BCUT2D eigenvalue weighted by molar-refractivity contribution is -0.254. The van der Waals surface area contributed by atoms with Gasteiger partial charge in [-0.1, -0.05) is 30.3 Å². The summed E-state index contributed by atoms with van der Waals surface area (Å²) in [7, 11) is 1.58. The zero-order valence-electron chi connectivity index (χ0n) is 11.4. The summed E-state index contributed by atoms with van der Waals surface area (Å²) < 4.78 is 5.19. The number of pyridine rings is 1. The first-order valence-electron chi connectivity index (χ1n) is 6.44. The van der Waals surface area contributed by atoms with Crippen LogP contribution < -0.4 is 9.84 Å². The number of carboxylic acids is 1. The summed E-state index contributed by atoms with van der Waals surface area (Å²) in [5.74, 6) is -0.518. The smallest absolute Gasteiger partial charge is 0.119 e. The van der Waals surface area contributed by atoms with Crippen LogP contribution in [0.15, 0.2) is 54.6 Å². The Morgan fingerprint density at radius 1 is 1.10 bits per heavy atom. The molecule has 4 heteroatoms. The molecule has 4 nitrogen and oxygen atoms in total. The maximum atomic E-state index is 11.4. The predicted molar refractivity (Wildman–Crippen MR) is 78.1 cm³/mol. The van der Waals surface area contributed by atoms with Gasteiger partial charge in [0.2, 0.25) is 0 Å². The molecule has 2 aromatic carbocycles. The SMILES string of the molecule is COc1cccc(-c2cc(C(=O)[O-])c3ccccc3n2)c1. The van der Waals surface area contributed by atoms with Crippen LogP contribution in [0.25, 0.3) is 22.2 Å². The van der Waals surface area contributed by atoms with Gasteiger partial charge < -0.3 is 14.6 Å². The van der Waals surface area contributed by atoms with Gasteiger partial charge in [0.25, 0.3) is 0 Å². The van der Waals surface area contributed by atoms with Crippen LogP contribution in [0.4, 0.5) is 0 Å². The zero-order chi connectivity index (χ0) is 14.8. The Kier molecular flexibility index (Phi) is 3.28. The molecule has 104 valence electrons. The van der Waals surface area contributed by atoms with Gasteiger partial charge in [-0.15, -0.1) is 0 Å². The van der Waals surface area contributed by atoms with Gasteiger partial charge in [-0.2, -0.15) is 0 Å². The Hall–Kier alpha value is -2.88. The molecule has 3 rings (SSSR count). The maximum absolute atomic E-state index is 11.4. The molecule has 0 atom stereocenters. The lowest BCUT2D eigenvalue weighted by Crippen LogP contribution is -2.22. The van der Waals surface area contributed by atoms with Crippen molar-refractivity contribution in [1.29, 1.82) is 0 Å². The quantitative estimate of drug-likeness (QED) is 0.737. The second-order valence-corrected chi connectivity index (χ2v) is 4.59. The fourth-order valence-electron chi connectivity index (χ4n) is 2.27. The monoisotopic (exact) mass is 278 g/mol. The first-order chi connectivity index (χ1) is 10.2. The predicted octanol–water partition coefficient (Wildman–Crippen LogP) is 2.27. The first kappa shape index (κ1) is 13.1. The Balaban J connectivity index is 2.25. The van der Waals surface area contributed by atoms with Crippen molar-refractivity contribution in [3.8, 4) is 17.0 Å². The van der Waals surface area contributed by atoms with E-state index < -0.39 is 5.97 Å². The summed E-state index contributed by atoms with van der Waals surface area (Å²) in [6, 6.07) is 16.0. The highest BCUT2D eigenvalue weighted by molar-refractivity contribution is 6.02. The number of aromatic nitrogens is 1. The number of carbonyl (C=O) groups is 1. The van der Waals surface area contributed by atoms with E-state index in [0.29, 0.717) is 22.3 Å². The number of carbonyl (C=O) groups excluding carboxylic acids is 1. The third kappa shape index (κ3) is 2.43. The van der Waals surface area contributed by atoms with Gasteiger partial charge in [0.15, 0.2) is 0 Å². The minimum absolute atomic E-state index is 0.137. The van der Waals surface area contributed by atoms with Crippen molar-refractivity contribution in [2.24, 2.45) is 0 Å². The molecule has 0 aliphatic carbocycles. The van der Waals surface area contributed by atoms with Gasteiger partial charge in [0, 0.05) is 16.5 Å². The van der Waals surface area contributed by atoms with E-state index in [4.69, 9.17) is 4.74 Å². The molecule has 0 unspecified atom stereocenters. The second kappa shape index (κ2) is 5.25. The molecule has 0 radical (unpaired) electrons. The van der Waals surface area contributed by atoms with Crippen LogP contribution in [0.1, 0.15) is 10.4 Å². The minimum atomic E-state index is -1.21. The zero-order valence-corrected chi connectivity index (χ0v) is 11.4. The molecule has 1 heterocycles. The van der Waals surface area contributed by atoms with E-state index in [-0.39, 0.29) is 5.56 Å². The molecule has 3 aromatic rings. The first-order valence-corrected chi connectivity index (χ1v) is 6.44. The number of aromatic carboxylic acids is 1. The summed E-state index contributed by atoms with van der Waals surface area (Å²) in [6.45, 7) is 0. The van der Waals surface area contributed by atoms with Crippen molar-refractivity contribution >= 4 is 16.9 Å². The molecule has 1 aromatic heterocycles. The van der Waals surface area contributed by atoms with Crippen molar-refractivity contribution in [3.63, 3.8) is 0 Å². The van der Waals surface area contributed by atoms with Gasteiger partial charge in [-0.3, -0.25) is 0 Å². The van der Waals surface area contributed by atoms with E-state index in [2.05, 4.69) is 4.98 Å². The van der Waals surface area contributed by atoms with E-state index in [0.717, 1.165) is 5.56 Å². The van der Waals surface area contributed by atoms with Crippen molar-refractivity contribution in [3.05, 3.63) is 60.2 Å². The average Bonchev–Trinajstić information content (AvgIpc) is 2.53. The Bertz CT molecular complexity index is 827. The normalized spacial score (nSPS) is 10.5. The number of methoxy groups -OCH3 is 1. The van der Waals surface area contributed by atoms with Crippen LogP contribution >= 0.6 is 0 Å². The van der Waals surface area contributed by atoms with Crippen LogP contribution in [-0.2, 0) is 0 Å². The molecule has 0 saturated carbocycles. The van der Waals surface area contributed by atoms with Crippen LogP contribution in [-0.4, -0.2) is 18.1 Å². The van der Waals surface area contributed by atoms with Crippen molar-refractivity contribution < 1.29 is 14.6 Å². The topological polar surface area (TPSA) is 62.2 Å². The molecule has 0 amide bonds. The van der Waals surface area contributed by atoms with E-state index in [1.165, 1.54) is 6.07 Å². The molecular weight excluding hydrogens is 266 g/mol. The van der Waals surface area contributed by atoms with E-state index >= 15 is 0 Å². The van der Waals surface area contributed by atoms with Gasteiger partial charge in [-0.25, -0.2) is 4.98 Å². The molecule has 0 saturated heterocycles. The molecule has 0 fully saturated rings. The molecule has 21 heavy (non-hydrogen) atoms.